The Morgan fingerprint density at radius 2 is 1.97 bits per heavy atom. The van der Waals surface area contributed by atoms with Gasteiger partial charge in [-0.15, -0.1) is 11.3 Å². The molecule has 8 heteroatoms. The Kier molecular flexibility index (Phi) is 5.53. The van der Waals surface area contributed by atoms with Crippen molar-refractivity contribution < 1.29 is 14.0 Å². The van der Waals surface area contributed by atoms with Crippen LogP contribution in [-0.4, -0.2) is 40.4 Å². The highest BCUT2D eigenvalue weighted by Gasteiger charge is 2.28. The molecule has 1 aliphatic heterocycles. The lowest BCUT2D eigenvalue weighted by Gasteiger charge is -2.31. The molecule has 0 bridgehead atoms. The average Bonchev–Trinajstić information content (AvgIpc) is 3.36. The Bertz CT molecular complexity index is 1060. The summed E-state index contributed by atoms with van der Waals surface area (Å²) < 4.78 is 6.79. The molecule has 7 nitrogen and oxygen atoms in total. The van der Waals surface area contributed by atoms with E-state index in [4.69, 9.17) is 4.42 Å². The fraction of sp³-hybridized carbons (Fsp3) is 0.381. The summed E-state index contributed by atoms with van der Waals surface area (Å²) >= 11 is 1.44. The first-order valence-corrected chi connectivity index (χ1v) is 10.6. The van der Waals surface area contributed by atoms with Crippen LogP contribution in [0.25, 0.3) is 11.1 Å². The van der Waals surface area contributed by atoms with Crippen LogP contribution in [0, 0.1) is 5.92 Å². The standard InChI is InChI=1S/C21H23N3O4S/c1-14(13-24-16-5-2-3-6-17(16)28-21(24)27)22-19(25)15-8-10-23(11-9-15)20(26)18-7-4-12-29-18/h2-7,12,14-15H,8-11,13H2,1H3,(H,22,25)/t14-/m1/s1. The van der Waals surface area contributed by atoms with Crippen LogP contribution in [0.2, 0.25) is 0 Å². The van der Waals surface area contributed by atoms with Gasteiger partial charge >= 0.3 is 5.76 Å². The van der Waals surface area contributed by atoms with Crippen LogP contribution in [0.5, 0.6) is 0 Å². The summed E-state index contributed by atoms with van der Waals surface area (Å²) in [6.07, 6.45) is 1.29. The van der Waals surface area contributed by atoms with Crippen LogP contribution in [0.15, 0.2) is 51.0 Å². The number of aromatic nitrogens is 1. The number of nitrogens with one attached hydrogen (secondary N) is 1. The zero-order chi connectivity index (χ0) is 20.4. The monoisotopic (exact) mass is 413 g/mol. The van der Waals surface area contributed by atoms with Gasteiger partial charge in [0.1, 0.15) is 0 Å². The largest absolute Gasteiger partial charge is 0.420 e. The third-order valence-corrected chi connectivity index (χ3v) is 6.16. The van der Waals surface area contributed by atoms with Gasteiger partial charge in [0.25, 0.3) is 5.91 Å². The van der Waals surface area contributed by atoms with Crippen molar-refractivity contribution in [2.75, 3.05) is 13.1 Å². The number of carbonyl (C=O) groups is 2. The lowest BCUT2D eigenvalue weighted by molar-refractivity contribution is -0.127. The Labute approximate surface area is 171 Å². The molecule has 152 valence electrons. The first-order valence-electron chi connectivity index (χ1n) is 9.74. The second-order valence-corrected chi connectivity index (χ2v) is 8.35. The van der Waals surface area contributed by atoms with Crippen molar-refractivity contribution in [1.29, 1.82) is 0 Å². The van der Waals surface area contributed by atoms with E-state index in [0.717, 1.165) is 10.4 Å². The van der Waals surface area contributed by atoms with E-state index in [1.165, 1.54) is 11.3 Å². The molecule has 0 aliphatic carbocycles. The van der Waals surface area contributed by atoms with Gasteiger partial charge in [-0.2, -0.15) is 0 Å². The Hall–Kier alpha value is -2.87. The van der Waals surface area contributed by atoms with Crippen LogP contribution >= 0.6 is 11.3 Å². The Balaban J connectivity index is 1.32. The fourth-order valence-corrected chi connectivity index (χ4v) is 4.46. The maximum atomic E-state index is 12.7. The summed E-state index contributed by atoms with van der Waals surface area (Å²) in [5, 5.41) is 4.90. The summed E-state index contributed by atoms with van der Waals surface area (Å²) in [5.41, 5.74) is 1.26. The lowest BCUT2D eigenvalue weighted by atomic mass is 9.95. The first kappa shape index (κ1) is 19.4. The first-order chi connectivity index (χ1) is 14.0. The van der Waals surface area contributed by atoms with Crippen LogP contribution < -0.4 is 11.1 Å². The molecule has 0 radical (unpaired) electrons. The molecule has 29 heavy (non-hydrogen) atoms. The van der Waals surface area contributed by atoms with Gasteiger partial charge in [-0.25, -0.2) is 4.79 Å². The van der Waals surface area contributed by atoms with E-state index < -0.39 is 5.76 Å². The van der Waals surface area contributed by atoms with Gasteiger partial charge in [0.05, 0.1) is 10.4 Å². The highest BCUT2D eigenvalue weighted by atomic mass is 32.1. The molecule has 2 amide bonds. The summed E-state index contributed by atoms with van der Waals surface area (Å²) in [4.78, 5) is 39.8. The molecule has 1 atom stereocenters. The zero-order valence-electron chi connectivity index (χ0n) is 16.2. The topological polar surface area (TPSA) is 84.6 Å². The molecule has 1 aliphatic rings. The van der Waals surface area contributed by atoms with Gasteiger partial charge in [-0.1, -0.05) is 18.2 Å². The predicted octanol–water partition coefficient (Wildman–Crippen LogP) is 2.71. The normalized spacial score (nSPS) is 16.1. The lowest BCUT2D eigenvalue weighted by Crippen LogP contribution is -2.45. The van der Waals surface area contributed by atoms with Crippen molar-refractivity contribution in [3.63, 3.8) is 0 Å². The number of fused-ring (bicyclic) bond motifs is 1. The third-order valence-electron chi connectivity index (χ3n) is 5.30. The summed E-state index contributed by atoms with van der Waals surface area (Å²) in [6, 6.07) is 10.7. The zero-order valence-corrected chi connectivity index (χ0v) is 17.0. The molecule has 3 aromatic rings. The second kappa shape index (κ2) is 8.24. The molecular weight excluding hydrogens is 390 g/mol. The average molecular weight is 413 g/mol. The predicted molar refractivity (Wildman–Crippen MR) is 111 cm³/mol. The molecule has 3 heterocycles. The summed E-state index contributed by atoms with van der Waals surface area (Å²) in [7, 11) is 0. The van der Waals surface area contributed by atoms with Crippen LogP contribution in [-0.2, 0) is 11.3 Å². The molecule has 0 spiro atoms. The number of thiophene rings is 1. The molecule has 1 saturated heterocycles. The molecule has 0 unspecified atom stereocenters. The van der Waals surface area contributed by atoms with Gasteiger partial charge in [0.2, 0.25) is 5.91 Å². The number of piperidine rings is 1. The minimum atomic E-state index is -0.423. The number of oxazole rings is 1. The smallest absolute Gasteiger partial charge is 0.408 e. The van der Waals surface area contributed by atoms with Crippen molar-refractivity contribution in [2.24, 2.45) is 5.92 Å². The van der Waals surface area contributed by atoms with E-state index in [1.807, 2.05) is 47.5 Å². The number of nitrogens with zero attached hydrogens (tertiary/aromatic N) is 2. The van der Waals surface area contributed by atoms with Crippen molar-refractivity contribution in [3.05, 3.63) is 57.2 Å². The number of benzene rings is 1. The number of hydrogen-bond acceptors (Lipinski definition) is 5. The van der Waals surface area contributed by atoms with Gasteiger partial charge in [-0.3, -0.25) is 14.2 Å². The van der Waals surface area contributed by atoms with E-state index in [1.54, 1.807) is 10.6 Å². The minimum Gasteiger partial charge on any atom is -0.408 e. The van der Waals surface area contributed by atoms with E-state index in [2.05, 4.69) is 5.32 Å². The van der Waals surface area contributed by atoms with E-state index in [9.17, 15) is 14.4 Å². The highest BCUT2D eigenvalue weighted by molar-refractivity contribution is 7.12. The highest BCUT2D eigenvalue weighted by Crippen LogP contribution is 2.21. The molecule has 0 saturated carbocycles. The van der Waals surface area contributed by atoms with Gasteiger partial charge in [-0.05, 0) is 43.3 Å². The number of likely N-dealkylation sites (tertiary alicyclic amines) is 1. The molecule has 1 aromatic carbocycles. The number of rotatable bonds is 5. The fourth-order valence-electron chi connectivity index (χ4n) is 3.77. The van der Waals surface area contributed by atoms with Crippen LogP contribution in [0.4, 0.5) is 0 Å². The van der Waals surface area contributed by atoms with E-state index in [0.29, 0.717) is 38.1 Å². The molecule has 2 aromatic heterocycles. The van der Waals surface area contributed by atoms with E-state index in [-0.39, 0.29) is 23.8 Å². The summed E-state index contributed by atoms with van der Waals surface area (Å²) in [6.45, 7) is 3.38. The maximum Gasteiger partial charge on any atom is 0.420 e. The SMILES string of the molecule is C[C@H](Cn1c(=O)oc2ccccc21)NC(=O)C1CCN(C(=O)c2cccs2)CC1. The van der Waals surface area contributed by atoms with Gasteiger partial charge < -0.3 is 14.6 Å². The van der Waals surface area contributed by atoms with Crippen molar-refractivity contribution in [1.82, 2.24) is 14.8 Å². The molecule has 4 rings (SSSR count). The molecule has 1 fully saturated rings. The summed E-state index contributed by atoms with van der Waals surface area (Å²) in [5.74, 6) is -0.532. The molecule has 1 N–H and O–H groups in total. The van der Waals surface area contributed by atoms with Gasteiger partial charge in [0, 0.05) is 31.6 Å². The van der Waals surface area contributed by atoms with Crippen molar-refractivity contribution in [3.8, 4) is 0 Å². The Morgan fingerprint density at radius 3 is 2.69 bits per heavy atom. The Morgan fingerprint density at radius 1 is 1.21 bits per heavy atom. The van der Waals surface area contributed by atoms with Crippen molar-refractivity contribution >= 4 is 34.3 Å². The number of carbonyl (C=O) groups excluding carboxylic acids is 2. The number of para-hydroxylation sites is 2. The van der Waals surface area contributed by atoms with Crippen LogP contribution in [0.3, 0.4) is 0 Å². The number of hydrogen-bond donors (Lipinski definition) is 1. The number of amides is 2. The third kappa shape index (κ3) is 4.12. The quantitative estimate of drug-likeness (QED) is 0.697. The maximum absolute atomic E-state index is 12.7. The molecular formula is C21H23N3O4S. The minimum absolute atomic E-state index is 0.0263. The second-order valence-electron chi connectivity index (χ2n) is 7.40. The van der Waals surface area contributed by atoms with Crippen molar-refractivity contribution in [2.45, 2.75) is 32.4 Å². The van der Waals surface area contributed by atoms with Gasteiger partial charge in [0.15, 0.2) is 5.58 Å². The van der Waals surface area contributed by atoms with Crippen LogP contribution in [0.1, 0.15) is 29.4 Å². The van der Waals surface area contributed by atoms with E-state index >= 15 is 0 Å².